The second-order valence-corrected chi connectivity index (χ2v) is 3.37. The molecule has 15 heavy (non-hydrogen) atoms. The van der Waals surface area contributed by atoms with Crippen molar-refractivity contribution < 1.29 is 0 Å². The molecule has 0 amide bonds. The number of hydrogen-bond acceptors (Lipinski definition) is 1. The van der Waals surface area contributed by atoms with Gasteiger partial charge in [0.15, 0.2) is 0 Å². The van der Waals surface area contributed by atoms with Crippen LogP contribution in [0.3, 0.4) is 0 Å². The van der Waals surface area contributed by atoms with Crippen molar-refractivity contribution >= 4 is 46.2 Å². The van der Waals surface area contributed by atoms with E-state index in [2.05, 4.69) is 23.2 Å². The van der Waals surface area contributed by atoms with Crippen molar-refractivity contribution in [1.82, 2.24) is 4.98 Å². The monoisotopic (exact) mass is 300 g/mol. The maximum Gasteiger partial charge on any atom is 0.0709 e. The fourth-order valence-corrected chi connectivity index (χ4v) is 1.72. The van der Waals surface area contributed by atoms with Crippen molar-refractivity contribution in [3.63, 3.8) is 0 Å². The first-order valence-corrected chi connectivity index (χ1v) is 4.68. The number of aromatic nitrogens is 1. The first kappa shape index (κ1) is 10.4. The molecule has 0 bridgehead atoms. The molecule has 1 heterocycles. The van der Waals surface area contributed by atoms with E-state index >= 15 is 0 Å². The summed E-state index contributed by atoms with van der Waals surface area (Å²) in [6, 6.07) is 18.6. The van der Waals surface area contributed by atoms with Crippen LogP contribution in [0, 0.1) is 0 Å². The minimum absolute atomic E-state index is 0. The largest absolute Gasteiger partial charge is 0.248 e. The van der Waals surface area contributed by atoms with E-state index in [0.29, 0.717) is 0 Å². The Morgan fingerprint density at radius 2 is 1.13 bits per heavy atom. The van der Waals surface area contributed by atoms with Crippen molar-refractivity contribution in [2.45, 2.75) is 0 Å². The van der Waals surface area contributed by atoms with Crippen LogP contribution in [0.25, 0.3) is 21.8 Å². The molecule has 0 aliphatic carbocycles. The van der Waals surface area contributed by atoms with E-state index in [1.807, 2.05) is 36.4 Å². The standard InChI is InChI=1S/C13H9N.Sb/c1-3-7-12-10(5-1)9-11-6-2-4-8-13(11)14-12;/h1-9H;. The zero-order chi connectivity index (χ0) is 9.38. The SMILES string of the molecule is [Sb].c1ccc2nc3ccccc3cc2c1. The third-order valence-electron chi connectivity index (χ3n) is 2.43. The Kier molecular flexibility index (Phi) is 2.92. The molecule has 0 saturated carbocycles. The summed E-state index contributed by atoms with van der Waals surface area (Å²) in [6.45, 7) is 0. The fourth-order valence-electron chi connectivity index (χ4n) is 1.72. The molecule has 71 valence electrons. The summed E-state index contributed by atoms with van der Waals surface area (Å²) in [5.74, 6) is 0. The van der Waals surface area contributed by atoms with Gasteiger partial charge in [-0.3, -0.25) is 0 Å². The van der Waals surface area contributed by atoms with E-state index < -0.39 is 0 Å². The van der Waals surface area contributed by atoms with Gasteiger partial charge in [0.1, 0.15) is 0 Å². The molecule has 0 atom stereocenters. The molecule has 0 saturated heterocycles. The van der Waals surface area contributed by atoms with Crippen LogP contribution < -0.4 is 0 Å². The van der Waals surface area contributed by atoms with Crippen molar-refractivity contribution in [2.24, 2.45) is 0 Å². The van der Waals surface area contributed by atoms with Crippen LogP contribution in [-0.2, 0) is 0 Å². The third kappa shape index (κ3) is 1.84. The van der Waals surface area contributed by atoms with E-state index in [4.69, 9.17) is 0 Å². The Morgan fingerprint density at radius 3 is 1.67 bits per heavy atom. The van der Waals surface area contributed by atoms with Gasteiger partial charge in [0.05, 0.1) is 11.0 Å². The molecule has 2 heteroatoms. The van der Waals surface area contributed by atoms with Crippen molar-refractivity contribution in [3.8, 4) is 0 Å². The number of fused-ring (bicyclic) bond motifs is 2. The molecule has 0 aliphatic heterocycles. The number of hydrogen-bond donors (Lipinski definition) is 0. The summed E-state index contributed by atoms with van der Waals surface area (Å²) in [5.41, 5.74) is 2.12. The van der Waals surface area contributed by atoms with Gasteiger partial charge in [-0.25, -0.2) is 4.98 Å². The van der Waals surface area contributed by atoms with Gasteiger partial charge in [0, 0.05) is 35.2 Å². The number of para-hydroxylation sites is 2. The van der Waals surface area contributed by atoms with Crippen LogP contribution >= 0.6 is 0 Å². The first-order chi connectivity index (χ1) is 6.93. The van der Waals surface area contributed by atoms with E-state index in [9.17, 15) is 0 Å². The van der Waals surface area contributed by atoms with Crippen LogP contribution in [0.1, 0.15) is 0 Å². The van der Waals surface area contributed by atoms with Crippen molar-refractivity contribution in [3.05, 3.63) is 54.6 Å². The Bertz CT molecular complexity index is 499. The maximum atomic E-state index is 4.58. The van der Waals surface area contributed by atoms with Crippen LogP contribution in [-0.4, -0.2) is 29.4 Å². The van der Waals surface area contributed by atoms with Gasteiger partial charge >= 0.3 is 0 Å². The van der Waals surface area contributed by atoms with Crippen molar-refractivity contribution in [2.75, 3.05) is 0 Å². The van der Waals surface area contributed by atoms with E-state index in [-0.39, 0.29) is 24.4 Å². The summed E-state index contributed by atoms with van der Waals surface area (Å²) in [4.78, 5) is 4.58. The smallest absolute Gasteiger partial charge is 0.0709 e. The Labute approximate surface area is 106 Å². The molecule has 1 aromatic heterocycles. The molecule has 3 radical (unpaired) electrons. The summed E-state index contributed by atoms with van der Waals surface area (Å²) in [6.07, 6.45) is 0. The number of benzene rings is 2. The number of nitrogens with zero attached hydrogens (tertiary/aromatic N) is 1. The predicted octanol–water partition coefficient (Wildman–Crippen LogP) is 3.01. The molecule has 1 nitrogen and oxygen atoms in total. The third-order valence-corrected chi connectivity index (χ3v) is 2.43. The average Bonchev–Trinajstić information content (AvgIpc) is 2.26. The molecule has 3 rings (SSSR count). The second kappa shape index (κ2) is 4.20. The van der Waals surface area contributed by atoms with Crippen LogP contribution in [0.4, 0.5) is 0 Å². The zero-order valence-corrected chi connectivity index (χ0v) is 10.6. The van der Waals surface area contributed by atoms with Gasteiger partial charge in [0.2, 0.25) is 0 Å². The van der Waals surface area contributed by atoms with Crippen LogP contribution in [0.2, 0.25) is 0 Å². The Hall–Kier alpha value is -1.07. The molecule has 0 N–H and O–H groups in total. The molecule has 0 spiro atoms. The number of rotatable bonds is 0. The van der Waals surface area contributed by atoms with E-state index in [1.54, 1.807) is 0 Å². The van der Waals surface area contributed by atoms with Gasteiger partial charge in [-0.05, 0) is 18.2 Å². The molecular weight excluding hydrogens is 292 g/mol. The van der Waals surface area contributed by atoms with E-state index in [1.165, 1.54) is 10.8 Å². The minimum atomic E-state index is 0. The Balaban J connectivity index is 0.000000853. The molecule has 3 aromatic rings. The number of pyridine rings is 1. The van der Waals surface area contributed by atoms with Crippen molar-refractivity contribution in [1.29, 1.82) is 0 Å². The molecule has 2 aromatic carbocycles. The average molecular weight is 301 g/mol. The summed E-state index contributed by atoms with van der Waals surface area (Å²) >= 11 is 0. The predicted molar refractivity (Wildman–Crippen MR) is 65.0 cm³/mol. The van der Waals surface area contributed by atoms with Gasteiger partial charge < -0.3 is 0 Å². The second-order valence-electron chi connectivity index (χ2n) is 3.37. The molecule has 0 fully saturated rings. The maximum absolute atomic E-state index is 4.58. The van der Waals surface area contributed by atoms with Gasteiger partial charge in [-0.15, -0.1) is 0 Å². The topological polar surface area (TPSA) is 12.9 Å². The zero-order valence-electron chi connectivity index (χ0n) is 8.09. The fraction of sp³-hybridized carbons (Fsp3) is 0. The van der Waals surface area contributed by atoms with Crippen LogP contribution in [0.15, 0.2) is 54.6 Å². The summed E-state index contributed by atoms with van der Waals surface area (Å²) < 4.78 is 0. The van der Waals surface area contributed by atoms with Gasteiger partial charge in [0.25, 0.3) is 0 Å². The molecular formula is C13H9NSb. The minimum Gasteiger partial charge on any atom is -0.248 e. The quantitative estimate of drug-likeness (QED) is 0.459. The van der Waals surface area contributed by atoms with E-state index in [0.717, 1.165) is 11.0 Å². The first-order valence-electron chi connectivity index (χ1n) is 4.68. The molecule has 0 aliphatic rings. The van der Waals surface area contributed by atoms with Gasteiger partial charge in [-0.2, -0.15) is 0 Å². The van der Waals surface area contributed by atoms with Crippen LogP contribution in [0.5, 0.6) is 0 Å². The summed E-state index contributed by atoms with van der Waals surface area (Å²) in [7, 11) is 0. The Morgan fingerprint density at radius 1 is 0.667 bits per heavy atom. The summed E-state index contributed by atoms with van der Waals surface area (Å²) in [5, 5.41) is 2.40. The normalized spacial score (nSPS) is 10.1. The molecule has 0 unspecified atom stereocenters. The van der Waals surface area contributed by atoms with Gasteiger partial charge in [-0.1, -0.05) is 36.4 Å².